The van der Waals surface area contributed by atoms with Crippen molar-refractivity contribution in [1.29, 1.82) is 0 Å². The topological polar surface area (TPSA) is 70.1 Å². The number of aliphatic imine (C=N–C) groups is 1. The Bertz CT molecular complexity index is 553. The number of aromatic nitrogens is 1. The van der Waals surface area contributed by atoms with Gasteiger partial charge in [-0.1, -0.05) is 6.07 Å². The average Bonchev–Trinajstić information content (AvgIpc) is 2.57. The molecule has 23 heavy (non-hydrogen) atoms. The number of guanidine groups is 1. The molecule has 1 amide bonds. The van der Waals surface area contributed by atoms with Gasteiger partial charge in [0.1, 0.15) is 0 Å². The molecule has 0 saturated carbocycles. The average molecular weight is 319 g/mol. The molecule has 1 saturated heterocycles. The lowest BCUT2D eigenvalue weighted by atomic mass is 10.2. The molecule has 1 aromatic heterocycles. The molecule has 7 nitrogen and oxygen atoms in total. The fourth-order valence-electron chi connectivity index (χ4n) is 2.51. The summed E-state index contributed by atoms with van der Waals surface area (Å²) in [7, 11) is 1.77. The molecule has 1 aliphatic heterocycles. The third-order valence-electron chi connectivity index (χ3n) is 3.85. The standard InChI is InChI=1S/C16H25N5O2/c1-4-23-16(22)21-10-8-20(9-11-21)15(17-3)19-12-14-13(2)6-5-7-18-14/h5-7H,4,8-12H2,1-3H3,(H,17,19). The molecule has 126 valence electrons. The molecule has 1 aromatic rings. The van der Waals surface area contributed by atoms with E-state index in [0.29, 0.717) is 26.2 Å². The zero-order valence-corrected chi connectivity index (χ0v) is 14.1. The van der Waals surface area contributed by atoms with Crippen LogP contribution in [0.15, 0.2) is 23.3 Å². The minimum Gasteiger partial charge on any atom is -0.450 e. The summed E-state index contributed by atoms with van der Waals surface area (Å²) in [6.07, 6.45) is 1.56. The molecule has 7 heteroatoms. The zero-order valence-electron chi connectivity index (χ0n) is 14.1. The number of aryl methyl sites for hydroxylation is 1. The van der Waals surface area contributed by atoms with E-state index in [4.69, 9.17) is 4.74 Å². The zero-order chi connectivity index (χ0) is 16.7. The van der Waals surface area contributed by atoms with E-state index >= 15 is 0 Å². The maximum Gasteiger partial charge on any atom is 0.409 e. The number of carbonyl (C=O) groups excluding carboxylic acids is 1. The van der Waals surface area contributed by atoms with Crippen LogP contribution in [0.3, 0.4) is 0 Å². The second-order valence-electron chi connectivity index (χ2n) is 5.34. The molecule has 1 aliphatic rings. The Morgan fingerprint density at radius 1 is 1.35 bits per heavy atom. The largest absolute Gasteiger partial charge is 0.450 e. The minimum absolute atomic E-state index is 0.237. The van der Waals surface area contributed by atoms with Gasteiger partial charge in [-0.2, -0.15) is 0 Å². The quantitative estimate of drug-likeness (QED) is 0.670. The summed E-state index contributed by atoms with van der Waals surface area (Å²) < 4.78 is 5.04. The fourth-order valence-corrected chi connectivity index (χ4v) is 2.51. The Hall–Kier alpha value is -2.31. The maximum absolute atomic E-state index is 11.7. The van der Waals surface area contributed by atoms with Crippen LogP contribution in [0.5, 0.6) is 0 Å². The summed E-state index contributed by atoms with van der Waals surface area (Å²) in [4.78, 5) is 24.3. The summed E-state index contributed by atoms with van der Waals surface area (Å²) in [5.74, 6) is 0.832. The molecule has 1 fully saturated rings. The Morgan fingerprint density at radius 2 is 2.04 bits per heavy atom. The van der Waals surface area contributed by atoms with Gasteiger partial charge in [-0.05, 0) is 25.5 Å². The van der Waals surface area contributed by atoms with Gasteiger partial charge in [0.2, 0.25) is 0 Å². The molecule has 0 radical (unpaired) electrons. The highest BCUT2D eigenvalue weighted by molar-refractivity contribution is 5.80. The molecule has 0 unspecified atom stereocenters. The van der Waals surface area contributed by atoms with Crippen molar-refractivity contribution in [3.05, 3.63) is 29.6 Å². The third kappa shape index (κ3) is 4.58. The second-order valence-corrected chi connectivity index (χ2v) is 5.34. The van der Waals surface area contributed by atoms with E-state index < -0.39 is 0 Å². The lowest BCUT2D eigenvalue weighted by molar-refractivity contribution is 0.0914. The predicted octanol–water partition coefficient (Wildman–Crippen LogP) is 1.24. The van der Waals surface area contributed by atoms with Crippen LogP contribution in [-0.2, 0) is 11.3 Å². The summed E-state index contributed by atoms with van der Waals surface area (Å²) >= 11 is 0. The number of carbonyl (C=O) groups is 1. The van der Waals surface area contributed by atoms with Crippen molar-refractivity contribution in [2.45, 2.75) is 20.4 Å². The van der Waals surface area contributed by atoms with E-state index in [-0.39, 0.29) is 6.09 Å². The van der Waals surface area contributed by atoms with Gasteiger partial charge >= 0.3 is 6.09 Å². The van der Waals surface area contributed by atoms with E-state index in [1.807, 2.05) is 26.0 Å². The Morgan fingerprint density at radius 3 is 2.65 bits per heavy atom. The van der Waals surface area contributed by atoms with Crippen molar-refractivity contribution >= 4 is 12.1 Å². The van der Waals surface area contributed by atoms with Crippen LogP contribution in [0, 0.1) is 6.92 Å². The smallest absolute Gasteiger partial charge is 0.409 e. The molecule has 0 spiro atoms. The van der Waals surface area contributed by atoms with Gasteiger partial charge in [0.15, 0.2) is 5.96 Å². The Labute approximate surface area is 137 Å². The molecule has 0 bridgehead atoms. The van der Waals surface area contributed by atoms with Gasteiger partial charge < -0.3 is 19.9 Å². The number of pyridine rings is 1. The number of amides is 1. The van der Waals surface area contributed by atoms with Gasteiger partial charge in [-0.25, -0.2) is 4.79 Å². The second kappa shape index (κ2) is 8.36. The van der Waals surface area contributed by atoms with Gasteiger partial charge in [0.05, 0.1) is 18.8 Å². The molecule has 1 N–H and O–H groups in total. The molecule has 0 aromatic carbocycles. The van der Waals surface area contributed by atoms with E-state index in [1.54, 1.807) is 18.1 Å². The van der Waals surface area contributed by atoms with Crippen molar-refractivity contribution < 1.29 is 9.53 Å². The van der Waals surface area contributed by atoms with Crippen LogP contribution in [0.2, 0.25) is 0 Å². The first-order valence-electron chi connectivity index (χ1n) is 7.93. The fraction of sp³-hybridized carbons (Fsp3) is 0.562. The summed E-state index contributed by atoms with van der Waals surface area (Å²) in [5, 5.41) is 3.34. The number of hydrogen-bond acceptors (Lipinski definition) is 4. The Balaban J connectivity index is 1.86. The lowest BCUT2D eigenvalue weighted by Crippen LogP contribution is -2.53. The summed E-state index contributed by atoms with van der Waals surface area (Å²) in [5.41, 5.74) is 2.17. The first-order chi connectivity index (χ1) is 11.2. The van der Waals surface area contributed by atoms with Crippen LogP contribution < -0.4 is 5.32 Å². The van der Waals surface area contributed by atoms with E-state index in [2.05, 4.69) is 20.2 Å². The SMILES string of the molecule is CCOC(=O)N1CCN(C(=NC)NCc2ncccc2C)CC1. The number of piperazine rings is 1. The summed E-state index contributed by atoms with van der Waals surface area (Å²) in [6.45, 7) is 7.66. The van der Waals surface area contributed by atoms with Gasteiger partial charge in [0.25, 0.3) is 0 Å². The minimum atomic E-state index is -0.237. The predicted molar refractivity (Wildman–Crippen MR) is 89.3 cm³/mol. The highest BCUT2D eigenvalue weighted by atomic mass is 16.6. The van der Waals surface area contributed by atoms with Crippen molar-refractivity contribution in [3.63, 3.8) is 0 Å². The first kappa shape index (κ1) is 17.1. The van der Waals surface area contributed by atoms with Crippen molar-refractivity contribution in [2.75, 3.05) is 39.8 Å². The molecule has 0 atom stereocenters. The maximum atomic E-state index is 11.7. The lowest BCUT2D eigenvalue weighted by Gasteiger charge is -2.35. The van der Waals surface area contributed by atoms with E-state index in [9.17, 15) is 4.79 Å². The highest BCUT2D eigenvalue weighted by Crippen LogP contribution is 2.06. The van der Waals surface area contributed by atoms with Crippen LogP contribution in [-0.4, -0.2) is 66.7 Å². The molecule has 0 aliphatic carbocycles. The number of nitrogens with one attached hydrogen (secondary N) is 1. The molecule has 2 rings (SSSR count). The number of ether oxygens (including phenoxy) is 1. The van der Waals surface area contributed by atoms with Crippen molar-refractivity contribution in [3.8, 4) is 0 Å². The van der Waals surface area contributed by atoms with E-state index in [0.717, 1.165) is 30.3 Å². The molecular weight excluding hydrogens is 294 g/mol. The van der Waals surface area contributed by atoms with Crippen LogP contribution in [0.4, 0.5) is 4.79 Å². The molecule has 2 heterocycles. The van der Waals surface area contributed by atoms with Crippen molar-refractivity contribution in [1.82, 2.24) is 20.1 Å². The summed E-state index contributed by atoms with van der Waals surface area (Å²) in [6, 6.07) is 3.98. The highest BCUT2D eigenvalue weighted by Gasteiger charge is 2.23. The van der Waals surface area contributed by atoms with Crippen LogP contribution >= 0.6 is 0 Å². The third-order valence-corrected chi connectivity index (χ3v) is 3.85. The Kier molecular flexibility index (Phi) is 6.19. The van der Waals surface area contributed by atoms with Gasteiger partial charge in [-0.3, -0.25) is 9.98 Å². The van der Waals surface area contributed by atoms with Gasteiger partial charge in [0, 0.05) is 39.4 Å². The van der Waals surface area contributed by atoms with Crippen molar-refractivity contribution in [2.24, 2.45) is 4.99 Å². The van der Waals surface area contributed by atoms with Gasteiger partial charge in [-0.15, -0.1) is 0 Å². The number of hydrogen-bond donors (Lipinski definition) is 1. The monoisotopic (exact) mass is 319 g/mol. The first-order valence-corrected chi connectivity index (χ1v) is 7.93. The normalized spacial score (nSPS) is 15.5. The van der Waals surface area contributed by atoms with Crippen LogP contribution in [0.1, 0.15) is 18.2 Å². The number of rotatable bonds is 3. The van der Waals surface area contributed by atoms with Crippen LogP contribution in [0.25, 0.3) is 0 Å². The van der Waals surface area contributed by atoms with E-state index in [1.165, 1.54) is 0 Å². The number of nitrogens with zero attached hydrogens (tertiary/aromatic N) is 4. The molecular formula is C16H25N5O2.